The van der Waals surface area contributed by atoms with Gasteiger partial charge >= 0.3 is 0 Å². The predicted molar refractivity (Wildman–Crippen MR) is 87.9 cm³/mol. The van der Waals surface area contributed by atoms with Crippen molar-refractivity contribution >= 4 is 16.9 Å². The minimum absolute atomic E-state index is 0.0474. The Morgan fingerprint density at radius 1 is 1.12 bits per heavy atom. The molecule has 1 amide bonds. The second-order valence-corrected chi connectivity index (χ2v) is 6.09. The Labute approximate surface area is 138 Å². The van der Waals surface area contributed by atoms with Crippen LogP contribution in [-0.2, 0) is 0 Å². The minimum atomic E-state index is -0.269. The van der Waals surface area contributed by atoms with Gasteiger partial charge in [-0.15, -0.1) is 0 Å². The first-order valence-corrected chi connectivity index (χ1v) is 8.09. The highest BCUT2D eigenvalue weighted by molar-refractivity contribution is 5.97. The van der Waals surface area contributed by atoms with E-state index in [9.17, 15) is 9.18 Å². The molecule has 0 saturated carbocycles. The molecule has 2 aromatic carbocycles. The van der Waals surface area contributed by atoms with Crippen LogP contribution in [0.3, 0.4) is 0 Å². The summed E-state index contributed by atoms with van der Waals surface area (Å²) in [5, 5.41) is 10.6. The number of hydrogen-bond donors (Lipinski definition) is 1. The lowest BCUT2D eigenvalue weighted by Gasteiger charge is -2.36. The monoisotopic (exact) mass is 324 g/mol. The lowest BCUT2D eigenvalue weighted by molar-refractivity contribution is 0.0611. The lowest BCUT2D eigenvalue weighted by atomic mass is 9.94. The summed E-state index contributed by atoms with van der Waals surface area (Å²) < 4.78 is 13.6. The van der Waals surface area contributed by atoms with Crippen molar-refractivity contribution in [1.82, 2.24) is 20.3 Å². The molecule has 1 saturated heterocycles. The van der Waals surface area contributed by atoms with E-state index in [0.717, 1.165) is 30.3 Å². The number of hydrogen-bond acceptors (Lipinski definition) is 3. The largest absolute Gasteiger partial charge is 0.332 e. The summed E-state index contributed by atoms with van der Waals surface area (Å²) in [6, 6.07) is 11.8. The van der Waals surface area contributed by atoms with Crippen LogP contribution in [0.2, 0.25) is 0 Å². The van der Waals surface area contributed by atoms with Crippen molar-refractivity contribution in [3.05, 3.63) is 59.4 Å². The number of likely N-dealkylation sites (tertiary alicyclic amines) is 1. The number of nitrogens with zero attached hydrogens (tertiary/aromatic N) is 3. The van der Waals surface area contributed by atoms with Crippen LogP contribution in [0.4, 0.5) is 4.39 Å². The Balaban J connectivity index is 1.67. The van der Waals surface area contributed by atoms with Gasteiger partial charge < -0.3 is 4.90 Å². The molecule has 1 N–H and O–H groups in total. The fourth-order valence-corrected chi connectivity index (χ4v) is 3.37. The number of H-pyrrole nitrogens is 1. The van der Waals surface area contributed by atoms with Crippen molar-refractivity contribution in [2.24, 2.45) is 0 Å². The maximum absolute atomic E-state index is 13.6. The third-order valence-corrected chi connectivity index (χ3v) is 4.56. The zero-order valence-electron chi connectivity index (χ0n) is 13.1. The molecule has 0 unspecified atom stereocenters. The third-order valence-electron chi connectivity index (χ3n) is 4.56. The van der Waals surface area contributed by atoms with E-state index in [-0.39, 0.29) is 17.8 Å². The lowest BCUT2D eigenvalue weighted by Crippen LogP contribution is -2.38. The molecular formula is C18H17FN4O. The van der Waals surface area contributed by atoms with Gasteiger partial charge in [0.2, 0.25) is 0 Å². The number of fused-ring (bicyclic) bond motifs is 1. The molecule has 5 nitrogen and oxygen atoms in total. The molecule has 1 fully saturated rings. The van der Waals surface area contributed by atoms with Crippen LogP contribution >= 0.6 is 0 Å². The van der Waals surface area contributed by atoms with Crippen molar-refractivity contribution in [2.45, 2.75) is 25.3 Å². The molecule has 4 rings (SSSR count). The van der Waals surface area contributed by atoms with Crippen LogP contribution in [-0.4, -0.2) is 32.8 Å². The topological polar surface area (TPSA) is 61.9 Å². The van der Waals surface area contributed by atoms with Crippen molar-refractivity contribution in [3.63, 3.8) is 0 Å². The molecule has 0 aliphatic carbocycles. The highest BCUT2D eigenvalue weighted by Crippen LogP contribution is 2.32. The highest BCUT2D eigenvalue weighted by Gasteiger charge is 2.29. The van der Waals surface area contributed by atoms with E-state index in [1.54, 1.807) is 24.3 Å². The van der Waals surface area contributed by atoms with Crippen molar-refractivity contribution in [1.29, 1.82) is 0 Å². The molecule has 1 aromatic heterocycles. The number of carbonyl (C=O) groups excluding carboxylic acids is 1. The van der Waals surface area contributed by atoms with Crippen LogP contribution < -0.4 is 0 Å². The zero-order chi connectivity index (χ0) is 16.5. The fraction of sp³-hybridized carbons (Fsp3) is 0.278. The molecule has 2 heterocycles. The van der Waals surface area contributed by atoms with Gasteiger partial charge in [0.1, 0.15) is 16.9 Å². The SMILES string of the molecule is O=C(c1ccc2n[nH]nc2c1)N1CCCC[C@@H]1c1cccc(F)c1. The second-order valence-electron chi connectivity index (χ2n) is 6.09. The van der Waals surface area contributed by atoms with Crippen LogP contribution in [0.5, 0.6) is 0 Å². The highest BCUT2D eigenvalue weighted by atomic mass is 19.1. The number of rotatable bonds is 2. The van der Waals surface area contributed by atoms with E-state index in [1.807, 2.05) is 11.0 Å². The van der Waals surface area contributed by atoms with E-state index in [2.05, 4.69) is 15.4 Å². The van der Waals surface area contributed by atoms with Gasteiger partial charge in [0.05, 0.1) is 6.04 Å². The fourth-order valence-electron chi connectivity index (χ4n) is 3.37. The Morgan fingerprint density at radius 3 is 2.88 bits per heavy atom. The molecule has 1 aliphatic rings. The molecule has 1 aliphatic heterocycles. The first kappa shape index (κ1) is 14.8. The van der Waals surface area contributed by atoms with Gasteiger partial charge in [-0.3, -0.25) is 4.79 Å². The molecule has 0 spiro atoms. The first-order valence-electron chi connectivity index (χ1n) is 8.09. The Hall–Kier alpha value is -2.76. The smallest absolute Gasteiger partial charge is 0.254 e. The number of amides is 1. The molecule has 3 aromatic rings. The number of piperidine rings is 1. The number of halogens is 1. The van der Waals surface area contributed by atoms with Gasteiger partial charge in [0.15, 0.2) is 0 Å². The molecule has 24 heavy (non-hydrogen) atoms. The van der Waals surface area contributed by atoms with Crippen LogP contribution in [0.1, 0.15) is 41.2 Å². The first-order chi connectivity index (χ1) is 11.7. The van der Waals surface area contributed by atoms with Crippen LogP contribution in [0, 0.1) is 5.82 Å². The van der Waals surface area contributed by atoms with E-state index in [0.29, 0.717) is 17.6 Å². The summed E-state index contributed by atoms with van der Waals surface area (Å²) >= 11 is 0. The summed E-state index contributed by atoms with van der Waals surface area (Å²) in [5.74, 6) is -0.316. The number of aromatic amines is 1. The summed E-state index contributed by atoms with van der Waals surface area (Å²) in [5.41, 5.74) is 2.83. The van der Waals surface area contributed by atoms with Crippen molar-refractivity contribution in [3.8, 4) is 0 Å². The Bertz CT molecular complexity index is 891. The van der Waals surface area contributed by atoms with Crippen molar-refractivity contribution < 1.29 is 9.18 Å². The molecule has 1 atom stereocenters. The molecule has 6 heteroatoms. The number of aromatic nitrogens is 3. The number of carbonyl (C=O) groups is 1. The normalized spacial score (nSPS) is 18.0. The van der Waals surface area contributed by atoms with Crippen LogP contribution in [0.25, 0.3) is 11.0 Å². The maximum atomic E-state index is 13.6. The standard InChI is InChI=1S/C18H17FN4O/c19-14-5-3-4-12(10-14)17-6-1-2-9-23(17)18(24)13-7-8-15-16(11-13)21-22-20-15/h3-5,7-8,10-11,17H,1-2,6,9H2,(H,20,21,22)/t17-/m1/s1. The Morgan fingerprint density at radius 2 is 2.00 bits per heavy atom. The summed E-state index contributed by atoms with van der Waals surface area (Å²) in [6.07, 6.45) is 2.85. The van der Waals surface area contributed by atoms with Crippen LogP contribution in [0.15, 0.2) is 42.5 Å². The van der Waals surface area contributed by atoms with E-state index >= 15 is 0 Å². The Kier molecular flexibility index (Phi) is 3.72. The zero-order valence-corrected chi connectivity index (χ0v) is 13.1. The van der Waals surface area contributed by atoms with Gasteiger partial charge in [-0.2, -0.15) is 15.4 Å². The van der Waals surface area contributed by atoms with Gasteiger partial charge in [-0.25, -0.2) is 4.39 Å². The quantitative estimate of drug-likeness (QED) is 0.785. The van der Waals surface area contributed by atoms with E-state index in [1.165, 1.54) is 12.1 Å². The van der Waals surface area contributed by atoms with E-state index < -0.39 is 0 Å². The third kappa shape index (κ3) is 2.64. The van der Waals surface area contributed by atoms with Gasteiger partial charge in [0, 0.05) is 12.1 Å². The van der Waals surface area contributed by atoms with Crippen molar-refractivity contribution in [2.75, 3.05) is 6.54 Å². The summed E-state index contributed by atoms with van der Waals surface area (Å²) in [4.78, 5) is 14.9. The van der Waals surface area contributed by atoms with Gasteiger partial charge in [-0.05, 0) is 55.2 Å². The maximum Gasteiger partial charge on any atom is 0.254 e. The van der Waals surface area contributed by atoms with Gasteiger partial charge in [0.25, 0.3) is 5.91 Å². The number of benzene rings is 2. The minimum Gasteiger partial charge on any atom is -0.332 e. The second kappa shape index (κ2) is 6.03. The van der Waals surface area contributed by atoms with Gasteiger partial charge in [-0.1, -0.05) is 12.1 Å². The van der Waals surface area contributed by atoms with E-state index in [4.69, 9.17) is 0 Å². The molecule has 0 radical (unpaired) electrons. The molecule has 122 valence electrons. The summed E-state index contributed by atoms with van der Waals surface area (Å²) in [6.45, 7) is 0.677. The average molecular weight is 324 g/mol. The summed E-state index contributed by atoms with van der Waals surface area (Å²) in [7, 11) is 0. The molecule has 0 bridgehead atoms. The predicted octanol–water partition coefficient (Wildman–Crippen LogP) is 3.46. The molecular weight excluding hydrogens is 307 g/mol. The average Bonchev–Trinajstić information content (AvgIpc) is 3.09. The number of nitrogens with one attached hydrogen (secondary N) is 1.